The molecule has 0 fully saturated rings. The smallest absolute Gasteiger partial charge is 0.335 e. The van der Waals surface area contributed by atoms with Crippen molar-refractivity contribution >= 4 is 11.9 Å². The SMILES string of the molecule is Cc1cc(C(=O)NCc2ccccc2)ccc1C(=O)O. The van der Waals surface area contributed by atoms with Crippen molar-refractivity contribution in [1.29, 1.82) is 0 Å². The third-order valence-corrected chi connectivity index (χ3v) is 3.01. The van der Waals surface area contributed by atoms with Crippen LogP contribution < -0.4 is 5.32 Å². The molecule has 2 aromatic rings. The molecule has 102 valence electrons. The van der Waals surface area contributed by atoms with Crippen LogP contribution in [0.2, 0.25) is 0 Å². The number of carbonyl (C=O) groups is 2. The van der Waals surface area contributed by atoms with E-state index >= 15 is 0 Å². The van der Waals surface area contributed by atoms with Gasteiger partial charge in [0.15, 0.2) is 0 Å². The minimum Gasteiger partial charge on any atom is -0.478 e. The van der Waals surface area contributed by atoms with Gasteiger partial charge in [0.05, 0.1) is 5.56 Å². The quantitative estimate of drug-likeness (QED) is 0.896. The Kier molecular flexibility index (Phi) is 4.15. The van der Waals surface area contributed by atoms with Crippen LogP contribution in [-0.4, -0.2) is 17.0 Å². The summed E-state index contributed by atoms with van der Waals surface area (Å²) in [7, 11) is 0. The molecule has 0 aromatic heterocycles. The van der Waals surface area contributed by atoms with Gasteiger partial charge >= 0.3 is 5.97 Å². The Bertz CT molecular complexity index is 635. The van der Waals surface area contributed by atoms with Gasteiger partial charge in [0.25, 0.3) is 5.91 Å². The topological polar surface area (TPSA) is 66.4 Å². The van der Waals surface area contributed by atoms with E-state index in [9.17, 15) is 9.59 Å². The second-order valence-corrected chi connectivity index (χ2v) is 4.50. The lowest BCUT2D eigenvalue weighted by atomic mass is 10.0. The van der Waals surface area contributed by atoms with Gasteiger partial charge in [-0.3, -0.25) is 4.79 Å². The van der Waals surface area contributed by atoms with E-state index in [1.54, 1.807) is 13.0 Å². The van der Waals surface area contributed by atoms with Crippen LogP contribution in [0.25, 0.3) is 0 Å². The Morgan fingerprint density at radius 1 is 1.10 bits per heavy atom. The summed E-state index contributed by atoms with van der Waals surface area (Å²) in [5.74, 6) is -1.20. The molecule has 2 N–H and O–H groups in total. The number of hydrogen-bond donors (Lipinski definition) is 2. The van der Waals surface area contributed by atoms with E-state index in [0.29, 0.717) is 17.7 Å². The Hall–Kier alpha value is -2.62. The number of nitrogens with one attached hydrogen (secondary N) is 1. The van der Waals surface area contributed by atoms with E-state index in [2.05, 4.69) is 5.32 Å². The van der Waals surface area contributed by atoms with E-state index in [-0.39, 0.29) is 11.5 Å². The zero-order valence-corrected chi connectivity index (χ0v) is 11.1. The Labute approximate surface area is 117 Å². The van der Waals surface area contributed by atoms with Crippen molar-refractivity contribution in [3.05, 3.63) is 70.8 Å². The van der Waals surface area contributed by atoms with E-state index in [1.807, 2.05) is 30.3 Å². The molecule has 0 radical (unpaired) electrons. The number of benzene rings is 2. The number of carbonyl (C=O) groups excluding carboxylic acids is 1. The summed E-state index contributed by atoms with van der Waals surface area (Å²) in [6.45, 7) is 2.12. The highest BCUT2D eigenvalue weighted by molar-refractivity contribution is 5.96. The lowest BCUT2D eigenvalue weighted by molar-refractivity contribution is 0.0695. The monoisotopic (exact) mass is 269 g/mol. The molecule has 2 aromatic carbocycles. The van der Waals surface area contributed by atoms with Crippen molar-refractivity contribution in [2.45, 2.75) is 13.5 Å². The fourth-order valence-electron chi connectivity index (χ4n) is 1.93. The maximum atomic E-state index is 12.0. The molecule has 2 rings (SSSR count). The third-order valence-electron chi connectivity index (χ3n) is 3.01. The molecule has 0 aliphatic rings. The van der Waals surface area contributed by atoms with Gasteiger partial charge in [0.1, 0.15) is 0 Å². The molecule has 0 atom stereocenters. The van der Waals surface area contributed by atoms with Gasteiger partial charge in [-0.05, 0) is 36.2 Å². The van der Waals surface area contributed by atoms with Crippen molar-refractivity contribution in [2.24, 2.45) is 0 Å². The van der Waals surface area contributed by atoms with Crippen LogP contribution >= 0.6 is 0 Å². The summed E-state index contributed by atoms with van der Waals surface area (Å²) < 4.78 is 0. The number of hydrogen-bond acceptors (Lipinski definition) is 2. The van der Waals surface area contributed by atoms with E-state index in [1.165, 1.54) is 12.1 Å². The second kappa shape index (κ2) is 6.02. The number of carboxylic acids is 1. The maximum absolute atomic E-state index is 12.0. The number of aromatic carboxylic acids is 1. The van der Waals surface area contributed by atoms with Crippen molar-refractivity contribution in [3.63, 3.8) is 0 Å². The zero-order valence-electron chi connectivity index (χ0n) is 11.1. The summed E-state index contributed by atoms with van der Waals surface area (Å²) in [6, 6.07) is 14.2. The van der Waals surface area contributed by atoms with Gasteiger partial charge in [0, 0.05) is 12.1 Å². The highest BCUT2D eigenvalue weighted by Gasteiger charge is 2.11. The summed E-state index contributed by atoms with van der Waals surface area (Å²) in [6.07, 6.45) is 0. The summed E-state index contributed by atoms with van der Waals surface area (Å²) in [5.41, 5.74) is 2.26. The third kappa shape index (κ3) is 3.23. The normalized spacial score (nSPS) is 10.1. The summed E-state index contributed by atoms with van der Waals surface area (Å²) in [5, 5.41) is 11.8. The Morgan fingerprint density at radius 3 is 2.40 bits per heavy atom. The molecule has 4 heteroatoms. The van der Waals surface area contributed by atoms with Crippen LogP contribution in [-0.2, 0) is 6.54 Å². The van der Waals surface area contributed by atoms with E-state index < -0.39 is 5.97 Å². The first-order chi connectivity index (χ1) is 9.58. The second-order valence-electron chi connectivity index (χ2n) is 4.50. The predicted molar refractivity (Wildman–Crippen MR) is 75.8 cm³/mol. The highest BCUT2D eigenvalue weighted by Crippen LogP contribution is 2.11. The Balaban J connectivity index is 2.06. The molecule has 1 amide bonds. The number of amides is 1. The molecule has 0 unspecified atom stereocenters. The Morgan fingerprint density at radius 2 is 1.80 bits per heavy atom. The average molecular weight is 269 g/mol. The first-order valence-electron chi connectivity index (χ1n) is 6.24. The predicted octanol–water partition coefficient (Wildman–Crippen LogP) is 2.62. The molecule has 20 heavy (non-hydrogen) atoms. The minimum absolute atomic E-state index is 0.213. The fourth-order valence-corrected chi connectivity index (χ4v) is 1.93. The van der Waals surface area contributed by atoms with Crippen LogP contribution in [0.4, 0.5) is 0 Å². The molecule has 0 aliphatic heterocycles. The van der Waals surface area contributed by atoms with Crippen LogP contribution in [0.5, 0.6) is 0 Å². The zero-order chi connectivity index (χ0) is 14.5. The molecule has 0 bridgehead atoms. The van der Waals surface area contributed by atoms with Crippen molar-refractivity contribution in [3.8, 4) is 0 Å². The first-order valence-corrected chi connectivity index (χ1v) is 6.24. The molecule has 4 nitrogen and oxygen atoms in total. The standard InChI is InChI=1S/C16H15NO3/c1-11-9-13(7-8-14(11)16(19)20)15(18)17-10-12-5-3-2-4-6-12/h2-9H,10H2,1H3,(H,17,18)(H,19,20). The van der Waals surface area contributed by atoms with Gasteiger partial charge < -0.3 is 10.4 Å². The van der Waals surface area contributed by atoms with Crippen LogP contribution in [0, 0.1) is 6.92 Å². The molecule has 0 spiro atoms. The summed E-state index contributed by atoms with van der Waals surface area (Å²) >= 11 is 0. The highest BCUT2D eigenvalue weighted by atomic mass is 16.4. The fraction of sp³-hybridized carbons (Fsp3) is 0.125. The van der Waals surface area contributed by atoms with Gasteiger partial charge in [-0.2, -0.15) is 0 Å². The number of aryl methyl sites for hydroxylation is 1. The number of rotatable bonds is 4. The summed E-state index contributed by atoms with van der Waals surface area (Å²) in [4.78, 5) is 22.9. The first kappa shape index (κ1) is 13.8. The van der Waals surface area contributed by atoms with Crippen LogP contribution in [0.15, 0.2) is 48.5 Å². The molecule has 0 saturated carbocycles. The molecule has 0 heterocycles. The average Bonchev–Trinajstić information content (AvgIpc) is 2.45. The molecular formula is C16H15NO3. The van der Waals surface area contributed by atoms with E-state index in [4.69, 9.17) is 5.11 Å². The maximum Gasteiger partial charge on any atom is 0.335 e. The van der Waals surface area contributed by atoms with Crippen molar-refractivity contribution < 1.29 is 14.7 Å². The van der Waals surface area contributed by atoms with Crippen LogP contribution in [0.3, 0.4) is 0 Å². The number of carboxylic acid groups (broad SMARTS) is 1. The van der Waals surface area contributed by atoms with Gasteiger partial charge in [-0.15, -0.1) is 0 Å². The van der Waals surface area contributed by atoms with Gasteiger partial charge in [0.2, 0.25) is 0 Å². The molecule has 0 saturated heterocycles. The molecule has 0 aliphatic carbocycles. The lowest BCUT2D eigenvalue weighted by Gasteiger charge is -2.07. The van der Waals surface area contributed by atoms with Gasteiger partial charge in [-0.25, -0.2) is 4.79 Å². The van der Waals surface area contributed by atoms with E-state index in [0.717, 1.165) is 5.56 Å². The minimum atomic E-state index is -0.987. The van der Waals surface area contributed by atoms with Crippen molar-refractivity contribution in [1.82, 2.24) is 5.32 Å². The largest absolute Gasteiger partial charge is 0.478 e. The molecular weight excluding hydrogens is 254 g/mol. The van der Waals surface area contributed by atoms with Crippen molar-refractivity contribution in [2.75, 3.05) is 0 Å². The van der Waals surface area contributed by atoms with Gasteiger partial charge in [-0.1, -0.05) is 30.3 Å². The lowest BCUT2D eigenvalue weighted by Crippen LogP contribution is -2.23. The van der Waals surface area contributed by atoms with Crippen LogP contribution in [0.1, 0.15) is 31.8 Å².